The maximum absolute atomic E-state index is 11.8. The Hall–Kier alpha value is -2.17. The zero-order chi connectivity index (χ0) is 13.9. The van der Waals surface area contributed by atoms with Crippen LogP contribution in [-0.2, 0) is 14.4 Å². The molecule has 2 N–H and O–H groups in total. The van der Waals surface area contributed by atoms with Crippen LogP contribution in [0.2, 0.25) is 0 Å². The summed E-state index contributed by atoms with van der Waals surface area (Å²) in [6.45, 7) is 6.44. The quantitative estimate of drug-likeness (QED) is 0.763. The third kappa shape index (κ3) is 3.41. The van der Waals surface area contributed by atoms with Crippen LogP contribution in [0, 0.1) is 0 Å². The van der Waals surface area contributed by atoms with Gasteiger partial charge in [0, 0.05) is 19.9 Å². The van der Waals surface area contributed by atoms with Gasteiger partial charge in [-0.15, -0.1) is 0 Å². The monoisotopic (exact) mass is 248 g/mol. The highest BCUT2D eigenvalue weighted by molar-refractivity contribution is 6.09. The number of hydrogen-bond acceptors (Lipinski definition) is 3. The minimum atomic E-state index is -0.334. The topological polar surface area (TPSA) is 75.3 Å². The van der Waals surface area contributed by atoms with Crippen molar-refractivity contribution in [2.75, 3.05) is 0 Å². The van der Waals surface area contributed by atoms with Crippen molar-refractivity contribution in [3.63, 3.8) is 0 Å². The fourth-order valence-corrected chi connectivity index (χ4v) is 1.57. The molecular formula is C13H16N2O3. The Bertz CT molecular complexity index is 506. The molecule has 0 fully saturated rings. The lowest BCUT2D eigenvalue weighted by molar-refractivity contribution is -0.120. The molecular weight excluding hydrogens is 232 g/mol. The third-order valence-electron chi connectivity index (χ3n) is 2.28. The summed E-state index contributed by atoms with van der Waals surface area (Å²) in [5, 5.41) is 5.08. The number of nitrogens with one attached hydrogen (secondary N) is 2. The molecule has 0 saturated heterocycles. The van der Waals surface area contributed by atoms with Crippen LogP contribution in [0.3, 0.4) is 0 Å². The molecule has 0 atom stereocenters. The summed E-state index contributed by atoms with van der Waals surface area (Å²) >= 11 is 0. The molecule has 1 aliphatic rings. The van der Waals surface area contributed by atoms with Crippen LogP contribution in [-0.4, -0.2) is 17.6 Å². The minimum Gasteiger partial charge on any atom is -0.326 e. The Kier molecular flexibility index (Phi) is 4.20. The van der Waals surface area contributed by atoms with E-state index in [1.807, 2.05) is 13.8 Å². The Morgan fingerprint density at radius 3 is 1.83 bits per heavy atom. The van der Waals surface area contributed by atoms with E-state index in [0.717, 1.165) is 11.1 Å². The largest absolute Gasteiger partial charge is 0.326 e. The first-order chi connectivity index (χ1) is 8.31. The molecule has 0 aromatic heterocycles. The lowest BCUT2D eigenvalue weighted by atomic mass is 9.98. The molecule has 0 aromatic rings. The van der Waals surface area contributed by atoms with E-state index in [0.29, 0.717) is 5.70 Å². The Morgan fingerprint density at radius 1 is 0.889 bits per heavy atom. The van der Waals surface area contributed by atoms with E-state index in [1.165, 1.54) is 19.9 Å². The first-order valence-corrected chi connectivity index (χ1v) is 5.52. The maximum Gasteiger partial charge on any atom is 0.221 e. The number of allylic oxidation sites excluding steroid dienone is 3. The van der Waals surface area contributed by atoms with Crippen molar-refractivity contribution in [2.24, 2.45) is 0 Å². The molecule has 1 rings (SSSR count). The second-order valence-electron chi connectivity index (χ2n) is 4.26. The first kappa shape index (κ1) is 13.9. The predicted molar refractivity (Wildman–Crippen MR) is 67.2 cm³/mol. The highest BCUT2D eigenvalue weighted by atomic mass is 16.2. The molecule has 0 radical (unpaired) electrons. The van der Waals surface area contributed by atoms with Crippen LogP contribution in [0.1, 0.15) is 27.7 Å². The van der Waals surface area contributed by atoms with E-state index in [4.69, 9.17) is 0 Å². The first-order valence-electron chi connectivity index (χ1n) is 5.52. The Labute approximate surface area is 106 Å². The molecule has 0 spiro atoms. The van der Waals surface area contributed by atoms with E-state index < -0.39 is 0 Å². The van der Waals surface area contributed by atoms with Crippen molar-refractivity contribution in [1.29, 1.82) is 0 Å². The second-order valence-corrected chi connectivity index (χ2v) is 4.26. The molecule has 1 aliphatic carbocycles. The number of carbonyl (C=O) groups excluding carboxylic acids is 3. The van der Waals surface area contributed by atoms with E-state index in [9.17, 15) is 14.4 Å². The molecule has 0 heterocycles. The van der Waals surface area contributed by atoms with Gasteiger partial charge in [-0.05, 0) is 25.5 Å². The molecule has 5 nitrogen and oxygen atoms in total. The molecule has 0 aliphatic heterocycles. The zero-order valence-electron chi connectivity index (χ0n) is 10.9. The van der Waals surface area contributed by atoms with Gasteiger partial charge in [-0.1, -0.05) is 5.57 Å². The standard InChI is InChI=1S/C13H16N2O3/c1-7(2)10-5-12(15-9(4)17)13(18)6-11(10)14-8(3)16/h5-6H,1-4H3,(H,14,16)(H,15,17). The average molecular weight is 248 g/mol. The summed E-state index contributed by atoms with van der Waals surface area (Å²) in [4.78, 5) is 33.8. The smallest absolute Gasteiger partial charge is 0.221 e. The van der Waals surface area contributed by atoms with Crippen LogP contribution >= 0.6 is 0 Å². The summed E-state index contributed by atoms with van der Waals surface area (Å²) in [5.74, 6) is -0.887. The van der Waals surface area contributed by atoms with Crippen LogP contribution in [0.5, 0.6) is 0 Å². The summed E-state index contributed by atoms with van der Waals surface area (Å²) in [6, 6.07) is 0. The summed E-state index contributed by atoms with van der Waals surface area (Å²) in [6.07, 6.45) is 2.89. The highest BCUT2D eigenvalue weighted by Crippen LogP contribution is 2.21. The molecule has 96 valence electrons. The van der Waals surface area contributed by atoms with Crippen molar-refractivity contribution in [2.45, 2.75) is 27.7 Å². The lowest BCUT2D eigenvalue weighted by Crippen LogP contribution is -2.30. The molecule has 0 unspecified atom stereocenters. The van der Waals surface area contributed by atoms with Gasteiger partial charge in [0.15, 0.2) is 0 Å². The minimum absolute atomic E-state index is 0.216. The zero-order valence-corrected chi connectivity index (χ0v) is 10.9. The van der Waals surface area contributed by atoms with Crippen LogP contribution in [0.25, 0.3) is 0 Å². The molecule has 2 amide bonds. The molecule has 0 aromatic carbocycles. The Morgan fingerprint density at radius 2 is 1.39 bits per heavy atom. The number of ketones is 1. The fourth-order valence-electron chi connectivity index (χ4n) is 1.57. The van der Waals surface area contributed by atoms with Gasteiger partial charge in [0.1, 0.15) is 0 Å². The van der Waals surface area contributed by atoms with E-state index >= 15 is 0 Å². The predicted octanol–water partition coefficient (Wildman–Crippen LogP) is 0.946. The number of rotatable bonds is 2. The van der Waals surface area contributed by atoms with Crippen molar-refractivity contribution in [1.82, 2.24) is 10.6 Å². The fraction of sp³-hybridized carbons (Fsp3) is 0.308. The van der Waals surface area contributed by atoms with Gasteiger partial charge >= 0.3 is 0 Å². The second kappa shape index (κ2) is 5.44. The van der Waals surface area contributed by atoms with Crippen molar-refractivity contribution < 1.29 is 14.4 Å². The molecule has 18 heavy (non-hydrogen) atoms. The van der Waals surface area contributed by atoms with Gasteiger partial charge in [-0.3, -0.25) is 14.4 Å². The number of hydrogen-bond donors (Lipinski definition) is 2. The Balaban J connectivity index is 3.14. The highest BCUT2D eigenvalue weighted by Gasteiger charge is 2.19. The van der Waals surface area contributed by atoms with Crippen LogP contribution in [0.4, 0.5) is 0 Å². The van der Waals surface area contributed by atoms with Gasteiger partial charge in [-0.2, -0.15) is 0 Å². The summed E-state index contributed by atoms with van der Waals surface area (Å²) in [7, 11) is 0. The molecule has 5 heteroatoms. The van der Waals surface area contributed by atoms with E-state index in [2.05, 4.69) is 10.6 Å². The van der Waals surface area contributed by atoms with Gasteiger partial charge in [-0.25, -0.2) is 0 Å². The van der Waals surface area contributed by atoms with Crippen molar-refractivity contribution in [3.05, 3.63) is 34.7 Å². The normalized spacial score (nSPS) is 14.7. The van der Waals surface area contributed by atoms with Crippen LogP contribution < -0.4 is 10.6 Å². The van der Waals surface area contributed by atoms with Crippen molar-refractivity contribution >= 4 is 17.6 Å². The summed E-state index contributed by atoms with van der Waals surface area (Å²) < 4.78 is 0. The SMILES string of the molecule is CC(=O)NC1=CC(=C(C)C)C(NC(C)=O)=CC1=O. The maximum atomic E-state index is 11.8. The van der Waals surface area contributed by atoms with Gasteiger partial charge in [0.05, 0.1) is 11.4 Å². The number of amides is 2. The van der Waals surface area contributed by atoms with E-state index in [-0.39, 0.29) is 23.3 Å². The van der Waals surface area contributed by atoms with Gasteiger partial charge in [0.25, 0.3) is 0 Å². The molecule has 0 saturated carbocycles. The van der Waals surface area contributed by atoms with E-state index in [1.54, 1.807) is 6.08 Å². The average Bonchev–Trinajstić information content (AvgIpc) is 2.19. The third-order valence-corrected chi connectivity index (χ3v) is 2.28. The lowest BCUT2D eigenvalue weighted by Gasteiger charge is -2.18. The van der Waals surface area contributed by atoms with Gasteiger partial charge < -0.3 is 10.6 Å². The van der Waals surface area contributed by atoms with Crippen LogP contribution in [0.15, 0.2) is 34.7 Å². The summed E-state index contributed by atoms with van der Waals surface area (Å²) in [5.41, 5.74) is 2.34. The molecule has 0 bridgehead atoms. The number of carbonyl (C=O) groups is 3. The van der Waals surface area contributed by atoms with Crippen molar-refractivity contribution in [3.8, 4) is 0 Å². The van der Waals surface area contributed by atoms with Gasteiger partial charge in [0.2, 0.25) is 17.6 Å².